The molecule has 0 aliphatic carbocycles. The third-order valence-electron chi connectivity index (χ3n) is 4.13. The zero-order chi connectivity index (χ0) is 17.9. The monoisotopic (exact) mass is 362 g/mol. The summed E-state index contributed by atoms with van der Waals surface area (Å²) in [5, 5.41) is 16.3. The van der Waals surface area contributed by atoms with Crippen LogP contribution in [0.3, 0.4) is 0 Å². The van der Waals surface area contributed by atoms with Crippen molar-refractivity contribution in [3.8, 4) is 0 Å². The molecule has 0 aliphatic rings. The smallest absolute Gasteiger partial charge is 0.188 e. The van der Waals surface area contributed by atoms with Crippen LogP contribution in [0.1, 0.15) is 17.3 Å². The summed E-state index contributed by atoms with van der Waals surface area (Å²) in [6.45, 7) is 0. The highest BCUT2D eigenvalue weighted by Gasteiger charge is 2.13. The second-order valence-electron chi connectivity index (χ2n) is 6.04. The van der Waals surface area contributed by atoms with Gasteiger partial charge in [0.05, 0.1) is 17.9 Å². The van der Waals surface area contributed by atoms with Gasteiger partial charge in [0.2, 0.25) is 0 Å². The molecule has 2 heterocycles. The molecule has 0 bridgehead atoms. The van der Waals surface area contributed by atoms with Crippen LogP contribution in [0.4, 0.5) is 16.6 Å². The predicted octanol–water partition coefficient (Wildman–Crippen LogP) is 3.65. The van der Waals surface area contributed by atoms with E-state index >= 15 is 0 Å². The van der Waals surface area contributed by atoms with Gasteiger partial charge in [-0.1, -0.05) is 36.4 Å². The molecule has 4 rings (SSSR count). The minimum Gasteiger partial charge on any atom is -0.399 e. The maximum Gasteiger partial charge on any atom is 0.188 e. The Kier molecular flexibility index (Phi) is 4.47. The molecule has 0 saturated heterocycles. The first kappa shape index (κ1) is 16.4. The van der Waals surface area contributed by atoms with Crippen molar-refractivity contribution in [1.82, 2.24) is 15.2 Å². The zero-order valence-corrected chi connectivity index (χ0v) is 14.8. The minimum absolute atomic E-state index is 0.177. The van der Waals surface area contributed by atoms with E-state index in [1.165, 1.54) is 11.3 Å². The number of thiazole rings is 1. The van der Waals surface area contributed by atoms with E-state index in [1.54, 1.807) is 6.20 Å². The Bertz CT molecular complexity index is 1020. The molecule has 7 heteroatoms. The Labute approximate surface area is 154 Å². The molecule has 0 saturated carbocycles. The van der Waals surface area contributed by atoms with Gasteiger partial charge in [-0.15, -0.1) is 16.4 Å². The molecule has 2 aromatic heterocycles. The molecule has 0 spiro atoms. The molecule has 4 aromatic rings. The highest BCUT2D eigenvalue weighted by atomic mass is 32.1. The second kappa shape index (κ2) is 7.07. The van der Waals surface area contributed by atoms with Crippen molar-refractivity contribution >= 4 is 38.7 Å². The summed E-state index contributed by atoms with van der Waals surface area (Å²) in [7, 11) is 0. The van der Waals surface area contributed by atoms with Gasteiger partial charge in [-0.25, -0.2) is 4.98 Å². The van der Waals surface area contributed by atoms with E-state index in [4.69, 9.17) is 11.5 Å². The average molecular weight is 362 g/mol. The first-order valence-electron chi connectivity index (χ1n) is 8.22. The molecule has 2 aromatic carbocycles. The van der Waals surface area contributed by atoms with E-state index in [2.05, 4.69) is 20.5 Å². The largest absolute Gasteiger partial charge is 0.399 e. The van der Waals surface area contributed by atoms with Gasteiger partial charge in [-0.05, 0) is 24.1 Å². The van der Waals surface area contributed by atoms with Crippen LogP contribution in [0.25, 0.3) is 10.8 Å². The molecule has 5 N–H and O–H groups in total. The molecule has 0 aliphatic heterocycles. The normalized spacial score (nSPS) is 12.2. The van der Waals surface area contributed by atoms with Gasteiger partial charge in [0.25, 0.3) is 0 Å². The Morgan fingerprint density at radius 2 is 1.88 bits per heavy atom. The number of nitrogens with one attached hydrogen (secondary N) is 1. The number of hydrogen-bond acceptors (Lipinski definition) is 7. The predicted molar refractivity (Wildman–Crippen MR) is 106 cm³/mol. The van der Waals surface area contributed by atoms with Crippen molar-refractivity contribution in [2.24, 2.45) is 5.73 Å². The van der Waals surface area contributed by atoms with E-state index in [9.17, 15) is 0 Å². The number of aromatic nitrogens is 3. The number of hydrogen-bond donors (Lipinski definition) is 3. The van der Waals surface area contributed by atoms with Gasteiger partial charge < -0.3 is 16.8 Å². The van der Waals surface area contributed by atoms with Crippen LogP contribution in [0, 0.1) is 0 Å². The number of nitrogens with two attached hydrogens (primary N) is 2. The van der Waals surface area contributed by atoms with E-state index in [1.807, 2.05) is 53.9 Å². The summed E-state index contributed by atoms with van der Waals surface area (Å²) < 4.78 is 0. The molecule has 0 amide bonds. The van der Waals surface area contributed by atoms with Gasteiger partial charge in [0.15, 0.2) is 10.9 Å². The minimum atomic E-state index is -0.177. The van der Waals surface area contributed by atoms with Crippen LogP contribution in [-0.4, -0.2) is 15.2 Å². The van der Waals surface area contributed by atoms with Crippen LogP contribution >= 0.6 is 11.3 Å². The van der Waals surface area contributed by atoms with E-state index in [0.29, 0.717) is 12.2 Å². The number of anilines is 3. The number of nitrogens with zero attached hydrogens (tertiary/aromatic N) is 3. The summed E-state index contributed by atoms with van der Waals surface area (Å²) >= 11 is 1.50. The molecular formula is C19H18N6S. The Morgan fingerprint density at radius 3 is 2.73 bits per heavy atom. The van der Waals surface area contributed by atoms with Crippen molar-refractivity contribution in [2.75, 3.05) is 11.1 Å². The van der Waals surface area contributed by atoms with Crippen LogP contribution < -0.4 is 16.8 Å². The highest BCUT2D eigenvalue weighted by Crippen LogP contribution is 2.27. The van der Waals surface area contributed by atoms with Crippen molar-refractivity contribution in [1.29, 1.82) is 0 Å². The lowest BCUT2D eigenvalue weighted by molar-refractivity contribution is 0.703. The maximum atomic E-state index is 6.32. The third kappa shape index (κ3) is 3.49. The molecular weight excluding hydrogens is 344 g/mol. The Hall–Kier alpha value is -3.03. The van der Waals surface area contributed by atoms with Gasteiger partial charge in [-0.3, -0.25) is 0 Å². The van der Waals surface area contributed by atoms with Gasteiger partial charge in [0.1, 0.15) is 0 Å². The topological polar surface area (TPSA) is 103 Å². The second-order valence-corrected chi connectivity index (χ2v) is 6.89. The van der Waals surface area contributed by atoms with Crippen molar-refractivity contribution in [2.45, 2.75) is 12.5 Å². The Morgan fingerprint density at radius 1 is 1.08 bits per heavy atom. The molecule has 6 nitrogen and oxygen atoms in total. The summed E-state index contributed by atoms with van der Waals surface area (Å²) in [6, 6.07) is 15.5. The fourth-order valence-electron chi connectivity index (χ4n) is 2.75. The van der Waals surface area contributed by atoms with E-state index in [-0.39, 0.29) is 6.04 Å². The lowest BCUT2D eigenvalue weighted by Gasteiger charge is -2.09. The molecule has 26 heavy (non-hydrogen) atoms. The van der Waals surface area contributed by atoms with Crippen molar-refractivity contribution < 1.29 is 0 Å². The zero-order valence-electron chi connectivity index (χ0n) is 14.0. The van der Waals surface area contributed by atoms with E-state index < -0.39 is 0 Å². The highest BCUT2D eigenvalue weighted by molar-refractivity contribution is 7.13. The number of nitrogen functional groups attached to an aromatic ring is 1. The SMILES string of the molecule is Nc1ccc(CC(N)c2csc(Nc3nncc4ccccc34)n2)cc1. The summed E-state index contributed by atoms with van der Waals surface area (Å²) in [6.07, 6.45) is 2.45. The molecule has 0 radical (unpaired) electrons. The molecule has 1 unspecified atom stereocenters. The van der Waals surface area contributed by atoms with Crippen LogP contribution in [0.15, 0.2) is 60.1 Å². The third-order valence-corrected chi connectivity index (χ3v) is 4.91. The lowest BCUT2D eigenvalue weighted by atomic mass is 10.0. The van der Waals surface area contributed by atoms with Crippen molar-refractivity contribution in [3.63, 3.8) is 0 Å². The van der Waals surface area contributed by atoms with Gasteiger partial charge in [-0.2, -0.15) is 5.10 Å². The van der Waals surface area contributed by atoms with Crippen molar-refractivity contribution in [3.05, 3.63) is 71.4 Å². The maximum absolute atomic E-state index is 6.32. The van der Waals surface area contributed by atoms with E-state index in [0.717, 1.165) is 32.8 Å². The Balaban J connectivity index is 1.51. The summed E-state index contributed by atoms with van der Waals surface area (Å²) in [4.78, 5) is 4.62. The first-order valence-corrected chi connectivity index (χ1v) is 9.10. The molecule has 0 fully saturated rings. The molecule has 130 valence electrons. The fraction of sp³-hybridized carbons (Fsp3) is 0.105. The summed E-state index contributed by atoms with van der Waals surface area (Å²) in [5.74, 6) is 0.691. The van der Waals surface area contributed by atoms with Crippen LogP contribution in [-0.2, 0) is 6.42 Å². The van der Waals surface area contributed by atoms with Crippen LogP contribution in [0.2, 0.25) is 0 Å². The summed E-state index contributed by atoms with van der Waals surface area (Å²) in [5.41, 5.74) is 14.8. The first-order chi connectivity index (χ1) is 12.7. The van der Waals surface area contributed by atoms with Crippen LogP contribution in [0.5, 0.6) is 0 Å². The number of rotatable bonds is 5. The fourth-order valence-corrected chi connectivity index (χ4v) is 3.52. The standard InChI is InChI=1S/C19H18N6S/c20-14-7-5-12(6-8-14)9-16(21)17-11-26-19(23-17)24-18-15-4-2-1-3-13(15)10-22-25-18/h1-8,10-11,16H,9,20-21H2,(H,23,24,25). The van der Waals surface area contributed by atoms with Gasteiger partial charge >= 0.3 is 0 Å². The quantitative estimate of drug-likeness (QED) is 0.468. The molecule has 1 atom stereocenters. The average Bonchev–Trinajstić information content (AvgIpc) is 3.13. The van der Waals surface area contributed by atoms with Gasteiger partial charge in [0, 0.05) is 21.8 Å². The lowest BCUT2D eigenvalue weighted by Crippen LogP contribution is -2.13. The number of fused-ring (bicyclic) bond motifs is 1. The number of benzene rings is 2.